The Morgan fingerprint density at radius 3 is 2.63 bits per heavy atom. The lowest BCUT2D eigenvalue weighted by molar-refractivity contribution is 0.378. The lowest BCUT2D eigenvalue weighted by Gasteiger charge is -2.23. The van der Waals surface area contributed by atoms with Gasteiger partial charge in [0.15, 0.2) is 0 Å². The van der Waals surface area contributed by atoms with Crippen LogP contribution in [0.25, 0.3) is 11.0 Å². The maximum Gasteiger partial charge on any atom is 0.323 e. The molecule has 4 N–H and O–H groups in total. The predicted octanol–water partition coefficient (Wildman–Crippen LogP) is 3.07. The molecule has 1 aromatic carbocycles. The second kappa shape index (κ2) is 6.06. The Morgan fingerprint density at radius 2 is 1.95 bits per heavy atom. The molecule has 0 aliphatic rings. The van der Waals surface area contributed by atoms with Crippen LogP contribution in [-0.4, -0.2) is 9.97 Å². The summed E-state index contributed by atoms with van der Waals surface area (Å²) in [5.74, 6) is 0.503. The number of unbranched alkanes of at least 4 members (excludes halogenated alkanes) is 1. The zero-order valence-electron chi connectivity index (χ0n) is 11.7. The number of H-pyrrole nitrogens is 2. The summed E-state index contributed by atoms with van der Waals surface area (Å²) in [7, 11) is 0. The Kier molecular flexibility index (Phi) is 4.43. The standard InChI is InChI=1S/C15H23N3O/c1-3-5-6-10(4-2)14(16)11-7-8-12-13(9-11)18-15(19)17-12/h7-10,14H,3-6,16H2,1-2H3,(H2,17,18,19). The van der Waals surface area contributed by atoms with Gasteiger partial charge in [0.1, 0.15) is 0 Å². The second-order valence-electron chi connectivity index (χ2n) is 5.22. The van der Waals surface area contributed by atoms with E-state index in [1.54, 1.807) is 0 Å². The fraction of sp³-hybridized carbons (Fsp3) is 0.533. The zero-order chi connectivity index (χ0) is 13.8. The van der Waals surface area contributed by atoms with E-state index in [1.165, 1.54) is 12.8 Å². The minimum atomic E-state index is -0.168. The van der Waals surface area contributed by atoms with Crippen LogP contribution in [0.1, 0.15) is 51.1 Å². The van der Waals surface area contributed by atoms with Crippen molar-refractivity contribution < 1.29 is 0 Å². The van der Waals surface area contributed by atoms with Crippen molar-refractivity contribution in [2.45, 2.75) is 45.6 Å². The third-order valence-electron chi connectivity index (χ3n) is 3.89. The summed E-state index contributed by atoms with van der Waals surface area (Å²) in [6, 6.07) is 5.98. The van der Waals surface area contributed by atoms with E-state index >= 15 is 0 Å². The van der Waals surface area contributed by atoms with Gasteiger partial charge in [0.25, 0.3) is 0 Å². The number of aromatic nitrogens is 2. The summed E-state index contributed by atoms with van der Waals surface area (Å²) in [4.78, 5) is 16.8. The van der Waals surface area contributed by atoms with Crippen LogP contribution >= 0.6 is 0 Å². The number of hydrogen-bond acceptors (Lipinski definition) is 2. The van der Waals surface area contributed by atoms with Crippen molar-refractivity contribution in [2.75, 3.05) is 0 Å². The molecule has 2 unspecified atom stereocenters. The highest BCUT2D eigenvalue weighted by atomic mass is 16.1. The lowest BCUT2D eigenvalue weighted by atomic mass is 9.87. The van der Waals surface area contributed by atoms with E-state index < -0.39 is 0 Å². The largest absolute Gasteiger partial charge is 0.324 e. The van der Waals surface area contributed by atoms with Gasteiger partial charge >= 0.3 is 5.69 Å². The number of aromatic amines is 2. The van der Waals surface area contributed by atoms with Gasteiger partial charge in [0, 0.05) is 6.04 Å². The molecule has 0 fully saturated rings. The van der Waals surface area contributed by atoms with Crippen LogP contribution in [0.3, 0.4) is 0 Å². The maximum absolute atomic E-state index is 11.3. The van der Waals surface area contributed by atoms with Crippen molar-refractivity contribution in [1.29, 1.82) is 0 Å². The fourth-order valence-corrected chi connectivity index (χ4v) is 2.63. The Balaban J connectivity index is 2.23. The number of imidazole rings is 1. The first-order valence-electron chi connectivity index (χ1n) is 7.13. The fourth-order valence-electron chi connectivity index (χ4n) is 2.63. The number of benzene rings is 1. The highest BCUT2D eigenvalue weighted by molar-refractivity contribution is 5.75. The molecule has 104 valence electrons. The number of hydrogen-bond donors (Lipinski definition) is 3. The number of nitrogens with one attached hydrogen (secondary N) is 2. The molecular weight excluding hydrogens is 238 g/mol. The van der Waals surface area contributed by atoms with E-state index in [0.29, 0.717) is 5.92 Å². The van der Waals surface area contributed by atoms with Gasteiger partial charge in [-0.2, -0.15) is 0 Å². The van der Waals surface area contributed by atoms with E-state index in [1.807, 2.05) is 18.2 Å². The number of rotatable bonds is 6. The molecular formula is C15H23N3O. The Labute approximate surface area is 113 Å². The zero-order valence-corrected chi connectivity index (χ0v) is 11.7. The molecule has 0 bridgehead atoms. The van der Waals surface area contributed by atoms with E-state index in [0.717, 1.165) is 29.4 Å². The third-order valence-corrected chi connectivity index (χ3v) is 3.89. The third kappa shape index (κ3) is 3.07. The summed E-state index contributed by atoms with van der Waals surface area (Å²) < 4.78 is 0. The van der Waals surface area contributed by atoms with Crippen LogP contribution in [0.15, 0.2) is 23.0 Å². The van der Waals surface area contributed by atoms with E-state index in [9.17, 15) is 4.79 Å². The molecule has 0 radical (unpaired) electrons. The number of nitrogens with two attached hydrogens (primary N) is 1. The normalized spacial score (nSPS) is 14.7. The highest BCUT2D eigenvalue weighted by Gasteiger charge is 2.17. The molecule has 4 nitrogen and oxygen atoms in total. The highest BCUT2D eigenvalue weighted by Crippen LogP contribution is 2.28. The molecule has 1 heterocycles. The maximum atomic E-state index is 11.3. The van der Waals surface area contributed by atoms with Gasteiger partial charge in [-0.3, -0.25) is 0 Å². The topological polar surface area (TPSA) is 74.7 Å². The van der Waals surface area contributed by atoms with Crippen LogP contribution in [-0.2, 0) is 0 Å². The first-order chi connectivity index (χ1) is 9.15. The Hall–Kier alpha value is -1.55. The Bertz CT molecular complexity index is 584. The molecule has 0 saturated heterocycles. The van der Waals surface area contributed by atoms with Crippen LogP contribution in [0.4, 0.5) is 0 Å². The van der Waals surface area contributed by atoms with E-state index in [4.69, 9.17) is 5.73 Å². The molecule has 0 aliphatic carbocycles. The molecule has 0 aliphatic heterocycles. The predicted molar refractivity (Wildman–Crippen MR) is 79.2 cm³/mol. The van der Waals surface area contributed by atoms with Gasteiger partial charge < -0.3 is 15.7 Å². The molecule has 0 spiro atoms. The minimum absolute atomic E-state index is 0.0411. The van der Waals surface area contributed by atoms with Crippen LogP contribution < -0.4 is 11.4 Å². The molecule has 0 amide bonds. The molecule has 2 aromatic rings. The van der Waals surface area contributed by atoms with Crippen molar-refractivity contribution in [3.63, 3.8) is 0 Å². The van der Waals surface area contributed by atoms with Crippen LogP contribution in [0.2, 0.25) is 0 Å². The van der Waals surface area contributed by atoms with Gasteiger partial charge in [0.2, 0.25) is 0 Å². The van der Waals surface area contributed by atoms with E-state index in [2.05, 4.69) is 23.8 Å². The average Bonchev–Trinajstić information content (AvgIpc) is 2.78. The first kappa shape index (κ1) is 13.9. The molecule has 2 rings (SSSR count). The summed E-state index contributed by atoms with van der Waals surface area (Å²) in [5.41, 5.74) is 8.99. The first-order valence-corrected chi connectivity index (χ1v) is 7.13. The van der Waals surface area contributed by atoms with Crippen molar-refractivity contribution >= 4 is 11.0 Å². The molecule has 1 aromatic heterocycles. The Morgan fingerprint density at radius 1 is 1.21 bits per heavy atom. The van der Waals surface area contributed by atoms with Crippen LogP contribution in [0, 0.1) is 5.92 Å². The van der Waals surface area contributed by atoms with Gasteiger partial charge in [-0.05, 0) is 30.0 Å². The van der Waals surface area contributed by atoms with Crippen molar-refractivity contribution in [2.24, 2.45) is 11.7 Å². The monoisotopic (exact) mass is 261 g/mol. The number of fused-ring (bicyclic) bond motifs is 1. The van der Waals surface area contributed by atoms with Crippen molar-refractivity contribution in [1.82, 2.24) is 9.97 Å². The van der Waals surface area contributed by atoms with E-state index in [-0.39, 0.29) is 11.7 Å². The van der Waals surface area contributed by atoms with Gasteiger partial charge in [-0.25, -0.2) is 4.79 Å². The average molecular weight is 261 g/mol. The van der Waals surface area contributed by atoms with Crippen LogP contribution in [0.5, 0.6) is 0 Å². The smallest absolute Gasteiger partial charge is 0.323 e. The summed E-state index contributed by atoms with van der Waals surface area (Å²) in [6.07, 6.45) is 4.67. The van der Waals surface area contributed by atoms with Gasteiger partial charge in [0.05, 0.1) is 11.0 Å². The molecule has 0 saturated carbocycles. The SMILES string of the molecule is CCCCC(CC)C(N)c1ccc2[nH]c(=O)[nH]c2c1. The van der Waals surface area contributed by atoms with Crippen molar-refractivity contribution in [3.05, 3.63) is 34.2 Å². The summed E-state index contributed by atoms with van der Waals surface area (Å²) >= 11 is 0. The lowest BCUT2D eigenvalue weighted by Crippen LogP contribution is -2.21. The summed E-state index contributed by atoms with van der Waals surface area (Å²) in [5, 5.41) is 0. The molecule has 2 atom stereocenters. The molecule has 4 heteroatoms. The van der Waals surface area contributed by atoms with Crippen molar-refractivity contribution in [3.8, 4) is 0 Å². The summed E-state index contributed by atoms with van der Waals surface area (Å²) in [6.45, 7) is 4.39. The van der Waals surface area contributed by atoms with Gasteiger partial charge in [-0.1, -0.05) is 39.2 Å². The minimum Gasteiger partial charge on any atom is -0.324 e. The quantitative estimate of drug-likeness (QED) is 0.747. The molecule has 19 heavy (non-hydrogen) atoms. The second-order valence-corrected chi connectivity index (χ2v) is 5.22. The van der Waals surface area contributed by atoms with Gasteiger partial charge in [-0.15, -0.1) is 0 Å².